The molecule has 0 atom stereocenters. The molecule has 17 heavy (non-hydrogen) atoms. The van der Waals surface area contributed by atoms with E-state index in [1.54, 1.807) is 7.05 Å². The van der Waals surface area contributed by atoms with Crippen molar-refractivity contribution in [3.05, 3.63) is 41.5 Å². The van der Waals surface area contributed by atoms with Crippen molar-refractivity contribution in [3.8, 4) is 0 Å². The maximum Gasteiger partial charge on any atom is 0.265 e. The fourth-order valence-corrected chi connectivity index (χ4v) is 1.91. The van der Waals surface area contributed by atoms with E-state index in [4.69, 9.17) is 0 Å². The van der Waals surface area contributed by atoms with Crippen LogP contribution in [0.3, 0.4) is 0 Å². The Labute approximate surface area is 101 Å². The van der Waals surface area contributed by atoms with Gasteiger partial charge in [0.1, 0.15) is 0 Å². The number of rotatable bonds is 3. The summed E-state index contributed by atoms with van der Waals surface area (Å²) in [7, 11) is 1.67. The normalized spacial score (nSPS) is 15.2. The third kappa shape index (κ3) is 2.93. The predicted octanol–water partition coefficient (Wildman–Crippen LogP) is 0.927. The molecule has 4 heteroatoms. The van der Waals surface area contributed by atoms with Crippen LogP contribution in [0.2, 0.25) is 0 Å². The monoisotopic (exact) mass is 231 g/mol. The summed E-state index contributed by atoms with van der Waals surface area (Å²) in [5.74, 6) is -0.113. The summed E-state index contributed by atoms with van der Waals surface area (Å²) in [6.45, 7) is 1.95. The van der Waals surface area contributed by atoms with Gasteiger partial charge in [-0.2, -0.15) is 0 Å². The highest BCUT2D eigenvalue weighted by Crippen LogP contribution is 2.19. The number of carbonyl (C=O) groups excluding carboxylic acids is 1. The molecular formula is C13H17N3O. The minimum atomic E-state index is -0.113. The number of carbonyl (C=O) groups is 1. The van der Waals surface area contributed by atoms with Crippen molar-refractivity contribution in [3.63, 3.8) is 0 Å². The first-order valence-electron chi connectivity index (χ1n) is 5.78. The summed E-state index contributed by atoms with van der Waals surface area (Å²) in [5, 5.41) is 3.28. The van der Waals surface area contributed by atoms with Crippen LogP contribution in [0.1, 0.15) is 22.3 Å². The highest BCUT2D eigenvalue weighted by molar-refractivity contribution is 5.94. The molecule has 0 aromatic heterocycles. The summed E-state index contributed by atoms with van der Waals surface area (Å²) >= 11 is 0. The number of hydrogen-bond donors (Lipinski definition) is 3. The zero-order valence-corrected chi connectivity index (χ0v) is 9.92. The molecule has 1 aliphatic rings. The smallest absolute Gasteiger partial charge is 0.265 e. The molecule has 90 valence electrons. The fourth-order valence-electron chi connectivity index (χ4n) is 1.91. The van der Waals surface area contributed by atoms with E-state index in [2.05, 4.69) is 22.2 Å². The van der Waals surface area contributed by atoms with E-state index in [-0.39, 0.29) is 5.91 Å². The number of amides is 1. The molecule has 0 saturated heterocycles. The maximum atomic E-state index is 11.5. The summed E-state index contributed by atoms with van der Waals surface area (Å²) in [6, 6.07) is 7.71. The van der Waals surface area contributed by atoms with E-state index in [9.17, 15) is 4.79 Å². The second-order valence-electron chi connectivity index (χ2n) is 3.96. The SMILES string of the molecule is CNNC(=O)c1ccc(C2=CCNCC2)cc1. The Hall–Kier alpha value is -1.65. The molecule has 4 nitrogen and oxygen atoms in total. The van der Waals surface area contributed by atoms with E-state index in [1.807, 2.05) is 24.3 Å². The molecule has 0 spiro atoms. The second-order valence-corrected chi connectivity index (χ2v) is 3.96. The first-order chi connectivity index (χ1) is 8.31. The molecular weight excluding hydrogens is 214 g/mol. The number of benzene rings is 1. The minimum absolute atomic E-state index is 0.113. The molecule has 3 N–H and O–H groups in total. The second kappa shape index (κ2) is 5.61. The third-order valence-electron chi connectivity index (χ3n) is 2.82. The van der Waals surface area contributed by atoms with Gasteiger partial charge in [0, 0.05) is 19.2 Å². The zero-order valence-electron chi connectivity index (χ0n) is 9.92. The van der Waals surface area contributed by atoms with Crippen molar-refractivity contribution >= 4 is 11.5 Å². The summed E-state index contributed by atoms with van der Waals surface area (Å²) in [4.78, 5) is 11.5. The van der Waals surface area contributed by atoms with Crippen LogP contribution in [-0.4, -0.2) is 26.0 Å². The Morgan fingerprint density at radius 1 is 1.29 bits per heavy atom. The van der Waals surface area contributed by atoms with E-state index < -0.39 is 0 Å². The molecule has 1 aliphatic heterocycles. The van der Waals surface area contributed by atoms with E-state index >= 15 is 0 Å². The molecule has 0 saturated carbocycles. The first-order valence-corrected chi connectivity index (χ1v) is 5.78. The molecule has 1 amide bonds. The van der Waals surface area contributed by atoms with E-state index in [0.717, 1.165) is 19.5 Å². The quantitative estimate of drug-likeness (QED) is 0.678. The molecule has 0 bridgehead atoms. The van der Waals surface area contributed by atoms with E-state index in [0.29, 0.717) is 5.56 Å². The Balaban J connectivity index is 2.12. The average Bonchev–Trinajstić information content (AvgIpc) is 2.40. The van der Waals surface area contributed by atoms with Gasteiger partial charge in [-0.25, -0.2) is 5.43 Å². The van der Waals surface area contributed by atoms with Gasteiger partial charge in [0.25, 0.3) is 5.91 Å². The van der Waals surface area contributed by atoms with Crippen LogP contribution in [0.25, 0.3) is 5.57 Å². The van der Waals surface area contributed by atoms with Gasteiger partial charge in [0.05, 0.1) is 0 Å². The van der Waals surface area contributed by atoms with Crippen LogP contribution in [0.4, 0.5) is 0 Å². The molecule has 1 aromatic rings. The van der Waals surface area contributed by atoms with Gasteiger partial charge in [-0.05, 0) is 36.2 Å². The van der Waals surface area contributed by atoms with Crippen LogP contribution < -0.4 is 16.2 Å². The van der Waals surface area contributed by atoms with Gasteiger partial charge >= 0.3 is 0 Å². The van der Waals surface area contributed by atoms with Crippen molar-refractivity contribution in [2.75, 3.05) is 20.1 Å². The highest BCUT2D eigenvalue weighted by atomic mass is 16.2. The first kappa shape index (κ1) is 11.8. The Kier molecular flexibility index (Phi) is 3.90. The molecule has 0 unspecified atom stereocenters. The van der Waals surface area contributed by atoms with Crippen LogP contribution in [-0.2, 0) is 0 Å². The molecule has 1 heterocycles. The van der Waals surface area contributed by atoms with Crippen LogP contribution in [0, 0.1) is 0 Å². The number of nitrogens with one attached hydrogen (secondary N) is 3. The van der Waals surface area contributed by atoms with Gasteiger partial charge in [-0.15, -0.1) is 0 Å². The highest BCUT2D eigenvalue weighted by Gasteiger charge is 2.07. The molecule has 2 rings (SSSR count). The van der Waals surface area contributed by atoms with Crippen LogP contribution in [0.15, 0.2) is 30.3 Å². The lowest BCUT2D eigenvalue weighted by atomic mass is 9.99. The van der Waals surface area contributed by atoms with Gasteiger partial charge in [-0.1, -0.05) is 18.2 Å². The van der Waals surface area contributed by atoms with Crippen molar-refractivity contribution in [1.82, 2.24) is 16.2 Å². The Bertz CT molecular complexity index is 423. The Morgan fingerprint density at radius 2 is 2.06 bits per heavy atom. The predicted molar refractivity (Wildman–Crippen MR) is 68.4 cm³/mol. The van der Waals surface area contributed by atoms with Crippen LogP contribution >= 0.6 is 0 Å². The van der Waals surface area contributed by atoms with E-state index in [1.165, 1.54) is 11.1 Å². The molecule has 1 aromatic carbocycles. The van der Waals surface area contributed by atoms with Crippen molar-refractivity contribution in [2.45, 2.75) is 6.42 Å². The zero-order chi connectivity index (χ0) is 12.1. The lowest BCUT2D eigenvalue weighted by Gasteiger charge is -2.14. The van der Waals surface area contributed by atoms with Crippen molar-refractivity contribution in [1.29, 1.82) is 0 Å². The largest absolute Gasteiger partial charge is 0.313 e. The fraction of sp³-hybridized carbons (Fsp3) is 0.308. The number of hydrazine groups is 1. The molecule has 0 radical (unpaired) electrons. The lowest BCUT2D eigenvalue weighted by molar-refractivity contribution is 0.0938. The topological polar surface area (TPSA) is 53.2 Å². The van der Waals surface area contributed by atoms with Gasteiger partial charge in [0.2, 0.25) is 0 Å². The van der Waals surface area contributed by atoms with Gasteiger partial charge in [0.15, 0.2) is 0 Å². The summed E-state index contributed by atoms with van der Waals surface area (Å²) in [6.07, 6.45) is 3.24. The van der Waals surface area contributed by atoms with Gasteiger partial charge < -0.3 is 5.32 Å². The average molecular weight is 231 g/mol. The van der Waals surface area contributed by atoms with Crippen molar-refractivity contribution < 1.29 is 4.79 Å². The molecule has 0 fully saturated rings. The maximum absolute atomic E-state index is 11.5. The molecule has 0 aliphatic carbocycles. The van der Waals surface area contributed by atoms with Gasteiger partial charge in [-0.3, -0.25) is 10.2 Å². The third-order valence-corrected chi connectivity index (χ3v) is 2.82. The minimum Gasteiger partial charge on any atom is -0.313 e. The lowest BCUT2D eigenvalue weighted by Crippen LogP contribution is -2.34. The summed E-state index contributed by atoms with van der Waals surface area (Å²) in [5.41, 5.74) is 8.39. The van der Waals surface area contributed by atoms with Crippen molar-refractivity contribution in [2.24, 2.45) is 0 Å². The summed E-state index contributed by atoms with van der Waals surface area (Å²) < 4.78 is 0. The van der Waals surface area contributed by atoms with Crippen LogP contribution in [0.5, 0.6) is 0 Å². The standard InChI is InChI=1S/C13H17N3O/c1-14-16-13(17)12-4-2-10(3-5-12)11-6-8-15-9-7-11/h2-6,14-15H,7-9H2,1H3,(H,16,17). The number of hydrogen-bond acceptors (Lipinski definition) is 3. The Morgan fingerprint density at radius 3 is 2.65 bits per heavy atom.